The Morgan fingerprint density at radius 2 is 2.20 bits per heavy atom. The van der Waals surface area contributed by atoms with Gasteiger partial charge in [-0.1, -0.05) is 25.1 Å². The summed E-state index contributed by atoms with van der Waals surface area (Å²) >= 11 is 4.48. The molecule has 0 spiro atoms. The molecule has 0 radical (unpaired) electrons. The number of thiocarbonyl (C=S) groups is 1. The van der Waals surface area contributed by atoms with Crippen molar-refractivity contribution in [3.63, 3.8) is 0 Å². The van der Waals surface area contributed by atoms with Crippen LogP contribution in [-0.4, -0.2) is 18.3 Å². The average Bonchev–Trinajstić information content (AvgIpc) is 2.29. The van der Waals surface area contributed by atoms with Crippen molar-refractivity contribution >= 4 is 17.4 Å². The summed E-state index contributed by atoms with van der Waals surface area (Å²) in [6, 6.07) is 8.11. The first-order chi connectivity index (χ1) is 7.38. The van der Waals surface area contributed by atoms with Crippen LogP contribution >= 0.6 is 12.2 Å². The van der Waals surface area contributed by atoms with Crippen LogP contribution in [0.1, 0.15) is 18.9 Å². The molecular weight excluding hydrogens is 206 g/mol. The number of para-hydroxylation sites is 1. The van der Waals surface area contributed by atoms with Crippen LogP contribution in [0.15, 0.2) is 29.3 Å². The van der Waals surface area contributed by atoms with E-state index in [1.54, 1.807) is 0 Å². The molecule has 3 heteroatoms. The molecule has 1 aromatic rings. The normalized spacial score (nSPS) is 9.40. The lowest BCUT2D eigenvalue weighted by Gasteiger charge is -2.08. The predicted molar refractivity (Wildman–Crippen MR) is 65.8 cm³/mol. The monoisotopic (exact) mass is 221 g/mol. The maximum Gasteiger partial charge on any atom is 0.122 e. The number of hydrogen-bond donors (Lipinski definition) is 0. The number of benzene rings is 1. The molecule has 1 rings (SSSR count). The summed E-state index contributed by atoms with van der Waals surface area (Å²) < 4.78 is 5.65. The maximum absolute atomic E-state index is 5.65. The number of hydrogen-bond acceptors (Lipinski definition) is 3. The van der Waals surface area contributed by atoms with Crippen LogP contribution in [0, 0.1) is 0 Å². The van der Waals surface area contributed by atoms with Gasteiger partial charge >= 0.3 is 0 Å². The Labute approximate surface area is 96.0 Å². The average molecular weight is 221 g/mol. The van der Waals surface area contributed by atoms with Gasteiger partial charge in [0.2, 0.25) is 0 Å². The highest BCUT2D eigenvalue weighted by atomic mass is 32.1. The molecule has 15 heavy (non-hydrogen) atoms. The van der Waals surface area contributed by atoms with Crippen molar-refractivity contribution in [1.82, 2.24) is 0 Å². The first kappa shape index (κ1) is 11.9. The van der Waals surface area contributed by atoms with Crippen LogP contribution in [0.5, 0.6) is 5.75 Å². The van der Waals surface area contributed by atoms with E-state index < -0.39 is 0 Å². The highest BCUT2D eigenvalue weighted by Crippen LogP contribution is 2.18. The Bertz CT molecular complexity index is 345. The zero-order valence-electron chi connectivity index (χ0n) is 8.90. The first-order valence-corrected chi connectivity index (χ1v) is 5.53. The Kier molecular flexibility index (Phi) is 5.67. The molecule has 0 fully saturated rings. The molecule has 0 aromatic heterocycles. The molecule has 0 aliphatic carbocycles. The van der Waals surface area contributed by atoms with Crippen molar-refractivity contribution in [1.29, 1.82) is 0 Å². The van der Waals surface area contributed by atoms with Crippen LogP contribution in [0.2, 0.25) is 0 Å². The molecular formula is C12H15NOS. The minimum absolute atomic E-state index is 0.678. The lowest BCUT2D eigenvalue weighted by atomic mass is 10.1. The molecule has 0 saturated carbocycles. The van der Waals surface area contributed by atoms with Crippen LogP contribution < -0.4 is 4.74 Å². The summed E-state index contributed by atoms with van der Waals surface area (Å²) in [5, 5.41) is 2.34. The fraction of sp³-hybridized carbons (Fsp3) is 0.417. The molecule has 0 bridgehead atoms. The van der Waals surface area contributed by atoms with Crippen LogP contribution in [0.3, 0.4) is 0 Å². The van der Waals surface area contributed by atoms with E-state index in [1.165, 1.54) is 5.56 Å². The van der Waals surface area contributed by atoms with Crippen molar-refractivity contribution < 1.29 is 4.74 Å². The van der Waals surface area contributed by atoms with Gasteiger partial charge in [0.25, 0.3) is 0 Å². The summed E-state index contributed by atoms with van der Waals surface area (Å²) in [6.45, 7) is 3.49. The number of nitrogens with zero attached hydrogens (tertiary/aromatic N) is 1. The molecule has 0 heterocycles. The van der Waals surface area contributed by atoms with Gasteiger partial charge in [-0.2, -0.15) is 0 Å². The summed E-state index contributed by atoms with van der Waals surface area (Å²) in [6.07, 6.45) is 1.87. The summed E-state index contributed by atoms with van der Waals surface area (Å²) in [7, 11) is 0. The van der Waals surface area contributed by atoms with E-state index in [4.69, 9.17) is 4.74 Å². The molecule has 0 atom stereocenters. The van der Waals surface area contributed by atoms with Crippen LogP contribution in [0.25, 0.3) is 0 Å². The number of aryl methyl sites for hydroxylation is 1. The molecule has 0 aliphatic heterocycles. The fourth-order valence-electron chi connectivity index (χ4n) is 1.31. The van der Waals surface area contributed by atoms with Gasteiger partial charge in [-0.05, 0) is 30.3 Å². The molecule has 0 unspecified atom stereocenters. The van der Waals surface area contributed by atoms with Gasteiger partial charge < -0.3 is 4.74 Å². The Morgan fingerprint density at radius 3 is 2.93 bits per heavy atom. The van der Waals surface area contributed by atoms with Gasteiger partial charge in [0.1, 0.15) is 5.75 Å². The third kappa shape index (κ3) is 4.24. The number of rotatable bonds is 6. The van der Waals surface area contributed by atoms with Gasteiger partial charge in [0.05, 0.1) is 18.3 Å². The summed E-state index contributed by atoms with van der Waals surface area (Å²) in [5.74, 6) is 0.978. The van der Waals surface area contributed by atoms with Crippen molar-refractivity contribution in [2.45, 2.75) is 19.8 Å². The van der Waals surface area contributed by atoms with Crippen molar-refractivity contribution in [3.05, 3.63) is 29.8 Å². The molecule has 1 aromatic carbocycles. The van der Waals surface area contributed by atoms with Crippen LogP contribution in [0.4, 0.5) is 0 Å². The zero-order chi connectivity index (χ0) is 10.9. The summed E-state index contributed by atoms with van der Waals surface area (Å²) in [4.78, 5) is 3.83. The number of ether oxygens (including phenoxy) is 1. The molecule has 80 valence electrons. The third-order valence-electron chi connectivity index (χ3n) is 2.09. The summed E-state index contributed by atoms with van der Waals surface area (Å²) in [5.41, 5.74) is 1.25. The molecule has 0 aliphatic rings. The van der Waals surface area contributed by atoms with Gasteiger partial charge in [0.15, 0.2) is 0 Å². The SMILES string of the molecule is CCc1ccccc1OCCCN=C=S. The van der Waals surface area contributed by atoms with E-state index in [-0.39, 0.29) is 0 Å². The maximum atomic E-state index is 5.65. The molecule has 0 N–H and O–H groups in total. The second kappa shape index (κ2) is 7.16. The zero-order valence-corrected chi connectivity index (χ0v) is 9.72. The largest absolute Gasteiger partial charge is 0.493 e. The highest BCUT2D eigenvalue weighted by molar-refractivity contribution is 7.78. The quantitative estimate of drug-likeness (QED) is 0.418. The van der Waals surface area contributed by atoms with E-state index in [9.17, 15) is 0 Å². The van der Waals surface area contributed by atoms with E-state index in [2.05, 4.69) is 35.4 Å². The standard InChI is InChI=1S/C12H15NOS/c1-2-11-6-3-4-7-12(11)14-9-5-8-13-10-15/h3-4,6-7H,2,5,8-9H2,1H3. The minimum Gasteiger partial charge on any atom is -0.493 e. The van der Waals surface area contributed by atoms with Crippen molar-refractivity contribution in [2.24, 2.45) is 4.99 Å². The Morgan fingerprint density at radius 1 is 1.40 bits per heavy atom. The van der Waals surface area contributed by atoms with E-state index in [0.717, 1.165) is 18.6 Å². The first-order valence-electron chi connectivity index (χ1n) is 5.12. The van der Waals surface area contributed by atoms with Gasteiger partial charge in [0, 0.05) is 6.42 Å². The predicted octanol–water partition coefficient (Wildman–Crippen LogP) is 3.12. The van der Waals surface area contributed by atoms with Crippen molar-refractivity contribution in [2.75, 3.05) is 13.2 Å². The number of isothiocyanates is 1. The fourth-order valence-corrected chi connectivity index (χ4v) is 1.40. The minimum atomic E-state index is 0.678. The number of aliphatic imine (C=N–C) groups is 1. The molecule has 0 amide bonds. The van der Waals surface area contributed by atoms with Gasteiger partial charge in [-0.3, -0.25) is 0 Å². The van der Waals surface area contributed by atoms with Gasteiger partial charge in [-0.25, -0.2) is 4.99 Å². The lowest BCUT2D eigenvalue weighted by molar-refractivity contribution is 0.310. The molecule has 0 saturated heterocycles. The lowest BCUT2D eigenvalue weighted by Crippen LogP contribution is -2.01. The second-order valence-electron chi connectivity index (χ2n) is 3.14. The van der Waals surface area contributed by atoms with Crippen LogP contribution in [-0.2, 0) is 6.42 Å². The smallest absolute Gasteiger partial charge is 0.122 e. The van der Waals surface area contributed by atoms with E-state index in [0.29, 0.717) is 13.2 Å². The van der Waals surface area contributed by atoms with E-state index in [1.807, 2.05) is 18.2 Å². The Hall–Kier alpha value is -1.18. The Balaban J connectivity index is 2.39. The molecule has 2 nitrogen and oxygen atoms in total. The van der Waals surface area contributed by atoms with E-state index >= 15 is 0 Å². The van der Waals surface area contributed by atoms with Crippen molar-refractivity contribution in [3.8, 4) is 5.75 Å². The highest BCUT2D eigenvalue weighted by Gasteiger charge is 1.99. The second-order valence-corrected chi connectivity index (χ2v) is 3.32. The van der Waals surface area contributed by atoms with Gasteiger partial charge in [-0.15, -0.1) is 0 Å². The topological polar surface area (TPSA) is 21.6 Å². The third-order valence-corrected chi connectivity index (χ3v) is 2.22.